The highest BCUT2D eigenvalue weighted by Gasteiger charge is 2.30. The molecule has 1 aromatic heterocycles. The first-order chi connectivity index (χ1) is 19.4. The van der Waals surface area contributed by atoms with Crippen LogP contribution in [0.5, 0.6) is 17.2 Å². The van der Waals surface area contributed by atoms with Crippen molar-refractivity contribution in [2.75, 3.05) is 19.7 Å². The van der Waals surface area contributed by atoms with E-state index in [9.17, 15) is 5.11 Å². The lowest BCUT2D eigenvalue weighted by molar-refractivity contribution is 0.169. The van der Waals surface area contributed by atoms with Gasteiger partial charge in [-0.25, -0.2) is 0 Å². The fraction of sp³-hybridized carbons (Fsp3) is 0.324. The van der Waals surface area contributed by atoms with E-state index in [-0.39, 0.29) is 11.9 Å². The number of aromatic nitrogens is 1. The number of phenolic OH excluding ortho intramolecular Hbond substituents is 1. The minimum atomic E-state index is -0.359. The molecule has 3 heterocycles. The Bertz CT molecular complexity index is 1540. The third kappa shape index (κ3) is 5.11. The third-order valence-corrected chi connectivity index (χ3v) is 8.23. The maximum absolute atomic E-state index is 10.3. The smallest absolute Gasteiger partial charge is 0.150 e. The van der Waals surface area contributed by atoms with Gasteiger partial charge in [-0.05, 0) is 86.7 Å². The number of aryl methyl sites for hydroxylation is 1. The second kappa shape index (κ2) is 10.9. The van der Waals surface area contributed by atoms with Crippen molar-refractivity contribution >= 4 is 11.1 Å². The largest absolute Gasteiger partial charge is 0.508 e. The topological polar surface area (TPSA) is 68.0 Å². The number of rotatable bonds is 7. The molecule has 6 nitrogen and oxygen atoms in total. The van der Waals surface area contributed by atoms with Crippen LogP contribution in [0.15, 0.2) is 77.5 Å². The van der Waals surface area contributed by atoms with Gasteiger partial charge in [-0.3, -0.25) is 4.90 Å². The molecular weight excluding hydrogens is 500 g/mol. The number of fused-ring (bicyclic) bond motifs is 1. The normalized spacial score (nSPS) is 19.8. The van der Waals surface area contributed by atoms with E-state index in [1.165, 1.54) is 6.42 Å². The van der Waals surface area contributed by atoms with Crippen LogP contribution in [0.2, 0.25) is 0 Å². The number of hydrogen-bond donors (Lipinski definition) is 1. The predicted octanol–water partition coefficient (Wildman–Crippen LogP) is 7.53. The van der Waals surface area contributed by atoms with Gasteiger partial charge in [0.15, 0.2) is 0 Å². The van der Waals surface area contributed by atoms with Crippen molar-refractivity contribution in [2.24, 2.45) is 5.92 Å². The van der Waals surface area contributed by atoms with Gasteiger partial charge in [-0.15, -0.1) is 0 Å². The Morgan fingerprint density at radius 1 is 1.05 bits per heavy atom. The minimum Gasteiger partial charge on any atom is -0.508 e. The average Bonchev–Trinajstić information content (AvgIpc) is 3.59. The zero-order chi connectivity index (χ0) is 27.8. The fourth-order valence-corrected chi connectivity index (χ4v) is 5.88. The molecular formula is C34H36N2O4. The van der Waals surface area contributed by atoms with Gasteiger partial charge in [0.1, 0.15) is 41.9 Å². The first kappa shape index (κ1) is 26.2. The van der Waals surface area contributed by atoms with Crippen LogP contribution in [0.1, 0.15) is 55.5 Å². The van der Waals surface area contributed by atoms with Crippen molar-refractivity contribution in [1.29, 1.82) is 0 Å². The number of hydrogen-bond acceptors (Lipinski definition) is 6. The van der Waals surface area contributed by atoms with Crippen LogP contribution in [0.4, 0.5) is 0 Å². The average molecular weight is 537 g/mol. The number of nitrogens with zero attached hydrogens (tertiary/aromatic N) is 2. The molecule has 2 aliphatic rings. The van der Waals surface area contributed by atoms with Crippen LogP contribution in [0.25, 0.3) is 22.4 Å². The van der Waals surface area contributed by atoms with E-state index in [1.807, 2.05) is 43.3 Å². The van der Waals surface area contributed by atoms with E-state index < -0.39 is 0 Å². The maximum Gasteiger partial charge on any atom is 0.150 e. The van der Waals surface area contributed by atoms with Crippen molar-refractivity contribution in [2.45, 2.75) is 46.3 Å². The van der Waals surface area contributed by atoms with Gasteiger partial charge < -0.3 is 19.1 Å². The quantitative estimate of drug-likeness (QED) is 0.263. The summed E-state index contributed by atoms with van der Waals surface area (Å²) in [4.78, 5) is 2.51. The molecule has 0 bridgehead atoms. The first-order valence-corrected chi connectivity index (χ1v) is 14.1. The summed E-state index contributed by atoms with van der Waals surface area (Å²) in [6.45, 7) is 11.6. The van der Waals surface area contributed by atoms with Crippen molar-refractivity contribution in [3.63, 3.8) is 0 Å². The summed E-state index contributed by atoms with van der Waals surface area (Å²) in [5, 5.41) is 14.5. The Labute approximate surface area is 235 Å². The molecule has 2 aliphatic heterocycles. The standard InChI is InChI=1S/C34H36N2O4/c1-21-14-15-36(18-21)23(3)20-38-29-11-8-25(9-12-29)34-32(26-6-5-7-28(37)16-26)24(4)30-13-10-27(17-31(30)40-34)33-22(2)19-39-35-33/h5-13,16-17,19,21,23,34,37H,14-15,18,20H2,1-4H3. The summed E-state index contributed by atoms with van der Waals surface area (Å²) in [6, 6.07) is 22.1. The molecule has 3 aromatic carbocycles. The Morgan fingerprint density at radius 2 is 1.88 bits per heavy atom. The van der Waals surface area contributed by atoms with Gasteiger partial charge in [-0.1, -0.05) is 48.5 Å². The van der Waals surface area contributed by atoms with Crippen molar-refractivity contribution in [1.82, 2.24) is 10.1 Å². The molecule has 0 saturated carbocycles. The zero-order valence-corrected chi connectivity index (χ0v) is 23.6. The van der Waals surface area contributed by atoms with Crippen molar-refractivity contribution in [3.05, 3.63) is 95.2 Å². The number of allylic oxidation sites excluding steroid dienone is 1. The maximum atomic E-state index is 10.3. The predicted molar refractivity (Wildman–Crippen MR) is 157 cm³/mol. The van der Waals surface area contributed by atoms with E-state index in [1.54, 1.807) is 18.4 Å². The van der Waals surface area contributed by atoms with Gasteiger partial charge in [0, 0.05) is 34.9 Å². The summed E-state index contributed by atoms with van der Waals surface area (Å²) in [7, 11) is 0. The Hall–Kier alpha value is -4.03. The van der Waals surface area contributed by atoms with Gasteiger partial charge in [0.25, 0.3) is 0 Å². The lowest BCUT2D eigenvalue weighted by Crippen LogP contribution is -2.35. The van der Waals surface area contributed by atoms with Crippen LogP contribution < -0.4 is 9.47 Å². The molecule has 40 heavy (non-hydrogen) atoms. The van der Waals surface area contributed by atoms with Crippen LogP contribution in [0.3, 0.4) is 0 Å². The SMILES string of the molecule is CC1=C(c2cccc(O)c2)C(c2ccc(OCC(C)N3CCC(C)C3)cc2)Oc2cc(-c3nocc3C)ccc21. The van der Waals surface area contributed by atoms with Crippen molar-refractivity contribution < 1.29 is 19.1 Å². The lowest BCUT2D eigenvalue weighted by Gasteiger charge is -2.31. The van der Waals surface area contributed by atoms with E-state index in [0.29, 0.717) is 12.6 Å². The van der Waals surface area contributed by atoms with Crippen molar-refractivity contribution in [3.8, 4) is 28.5 Å². The lowest BCUT2D eigenvalue weighted by atomic mass is 9.85. The van der Waals surface area contributed by atoms with Crippen LogP contribution in [0, 0.1) is 12.8 Å². The number of benzene rings is 3. The molecule has 206 valence electrons. The highest BCUT2D eigenvalue weighted by molar-refractivity contribution is 5.96. The second-order valence-electron chi connectivity index (χ2n) is 11.3. The van der Waals surface area contributed by atoms with Gasteiger partial charge in [-0.2, -0.15) is 0 Å². The summed E-state index contributed by atoms with van der Waals surface area (Å²) >= 11 is 0. The van der Waals surface area contributed by atoms with E-state index in [2.05, 4.69) is 49.0 Å². The molecule has 3 atom stereocenters. The zero-order valence-electron chi connectivity index (χ0n) is 23.6. The first-order valence-electron chi connectivity index (χ1n) is 14.1. The number of likely N-dealkylation sites (tertiary alicyclic amines) is 1. The van der Waals surface area contributed by atoms with Gasteiger partial charge in [0.05, 0.1) is 0 Å². The van der Waals surface area contributed by atoms with Crippen LogP contribution in [-0.4, -0.2) is 40.9 Å². The Kier molecular flexibility index (Phi) is 7.11. The highest BCUT2D eigenvalue weighted by atomic mass is 16.5. The van der Waals surface area contributed by atoms with E-state index >= 15 is 0 Å². The summed E-state index contributed by atoms with van der Waals surface area (Å²) < 4.78 is 18.1. The summed E-state index contributed by atoms with van der Waals surface area (Å²) in [6.07, 6.45) is 2.55. The van der Waals surface area contributed by atoms with Gasteiger partial charge in [0.2, 0.25) is 0 Å². The molecule has 0 amide bonds. The minimum absolute atomic E-state index is 0.226. The molecule has 0 aliphatic carbocycles. The molecule has 6 heteroatoms. The molecule has 0 spiro atoms. The molecule has 1 fully saturated rings. The number of aromatic hydroxyl groups is 1. The molecule has 3 unspecified atom stereocenters. The van der Waals surface area contributed by atoms with E-state index in [0.717, 1.165) is 75.2 Å². The fourth-order valence-electron chi connectivity index (χ4n) is 5.88. The summed E-state index contributed by atoms with van der Waals surface area (Å²) in [5.41, 5.74) is 7.83. The van der Waals surface area contributed by atoms with Crippen LogP contribution >= 0.6 is 0 Å². The molecule has 1 N–H and O–H groups in total. The molecule has 6 rings (SSSR count). The Balaban J connectivity index is 1.31. The highest BCUT2D eigenvalue weighted by Crippen LogP contribution is 2.48. The second-order valence-corrected chi connectivity index (χ2v) is 11.3. The molecule has 0 radical (unpaired) electrons. The Morgan fingerprint density at radius 3 is 2.58 bits per heavy atom. The molecule has 4 aromatic rings. The third-order valence-electron chi connectivity index (χ3n) is 8.23. The monoisotopic (exact) mass is 536 g/mol. The summed E-state index contributed by atoms with van der Waals surface area (Å²) in [5.74, 6) is 2.63. The number of ether oxygens (including phenoxy) is 2. The molecule has 1 saturated heterocycles. The van der Waals surface area contributed by atoms with Gasteiger partial charge >= 0.3 is 0 Å². The van der Waals surface area contributed by atoms with E-state index in [4.69, 9.17) is 14.0 Å². The van der Waals surface area contributed by atoms with Crippen LogP contribution in [-0.2, 0) is 0 Å². The number of phenols is 1.